The average molecular weight is 356 g/mol. The summed E-state index contributed by atoms with van der Waals surface area (Å²) in [6, 6.07) is 8.03. The molecule has 5 heteroatoms. The lowest BCUT2D eigenvalue weighted by molar-refractivity contribution is 0.0787. The van der Waals surface area contributed by atoms with Crippen molar-refractivity contribution in [2.45, 2.75) is 18.9 Å². The van der Waals surface area contributed by atoms with Gasteiger partial charge in [-0.2, -0.15) is 23.5 Å². The molecule has 3 rings (SSSR count). The molecule has 0 amide bonds. The zero-order valence-electron chi connectivity index (χ0n) is 12.7. The van der Waals surface area contributed by atoms with E-state index in [2.05, 4.69) is 28.4 Å². The van der Waals surface area contributed by atoms with Crippen LogP contribution in [0.2, 0.25) is 5.02 Å². The van der Waals surface area contributed by atoms with E-state index < -0.39 is 0 Å². The number of rotatable bonds is 3. The number of hydrogen-bond acceptors (Lipinski definition) is 4. The van der Waals surface area contributed by atoms with Crippen molar-refractivity contribution < 1.29 is 4.79 Å². The molecule has 0 bridgehead atoms. The summed E-state index contributed by atoms with van der Waals surface area (Å²) in [5.41, 5.74) is 0.768. The van der Waals surface area contributed by atoms with Crippen LogP contribution < -0.4 is 0 Å². The lowest BCUT2D eigenvalue weighted by Gasteiger charge is -2.37. The fourth-order valence-corrected chi connectivity index (χ4v) is 6.06. The van der Waals surface area contributed by atoms with Gasteiger partial charge < -0.3 is 0 Å². The van der Waals surface area contributed by atoms with Gasteiger partial charge in [-0.15, -0.1) is 0 Å². The Morgan fingerprint density at radius 3 is 2.73 bits per heavy atom. The number of Topliss-reactive ketones (excluding diaryl/α,β-unsaturated/α-hetero) is 1. The highest BCUT2D eigenvalue weighted by atomic mass is 35.5. The predicted octanol–water partition coefficient (Wildman–Crippen LogP) is 4.08. The fourth-order valence-electron chi connectivity index (χ4n) is 3.25. The minimum absolute atomic E-state index is 0.130. The first-order valence-corrected chi connectivity index (χ1v) is 10.6. The van der Waals surface area contributed by atoms with Crippen LogP contribution in [-0.2, 0) is 0 Å². The van der Waals surface area contributed by atoms with Crippen LogP contribution in [0.3, 0.4) is 0 Å². The molecule has 0 radical (unpaired) electrons. The van der Waals surface area contributed by atoms with Gasteiger partial charge in [0.05, 0.1) is 0 Å². The maximum atomic E-state index is 12.8. The number of benzene rings is 1. The summed E-state index contributed by atoms with van der Waals surface area (Å²) in [6.45, 7) is 2.06. The van der Waals surface area contributed by atoms with Crippen molar-refractivity contribution in [1.29, 1.82) is 0 Å². The number of ketones is 1. The molecule has 1 aromatic rings. The summed E-state index contributed by atoms with van der Waals surface area (Å²) < 4.78 is 0. The van der Waals surface area contributed by atoms with Gasteiger partial charge in [0.25, 0.3) is 0 Å². The molecule has 22 heavy (non-hydrogen) atoms. The van der Waals surface area contributed by atoms with Crippen LogP contribution in [0.15, 0.2) is 24.3 Å². The van der Waals surface area contributed by atoms with E-state index in [9.17, 15) is 4.79 Å². The van der Waals surface area contributed by atoms with Gasteiger partial charge in [-0.1, -0.05) is 23.7 Å². The highest BCUT2D eigenvalue weighted by Gasteiger charge is 2.30. The Bertz CT molecular complexity index is 517. The van der Waals surface area contributed by atoms with E-state index in [1.165, 1.54) is 23.0 Å². The highest BCUT2D eigenvalue weighted by molar-refractivity contribution is 8.03. The first-order valence-electron chi connectivity index (χ1n) is 7.93. The molecular formula is C17H22ClNOS2. The maximum Gasteiger partial charge on any atom is 0.167 e. The second kappa shape index (κ2) is 8.09. The average Bonchev–Trinajstić information content (AvgIpc) is 2.83. The number of carbonyl (C=O) groups excluding carboxylic acids is 1. The first kappa shape index (κ1) is 16.7. The number of nitrogens with zero attached hydrogens (tertiary/aromatic N) is 1. The van der Waals surface area contributed by atoms with Crippen LogP contribution >= 0.6 is 35.1 Å². The van der Waals surface area contributed by atoms with Crippen LogP contribution in [-0.4, -0.2) is 52.8 Å². The quantitative estimate of drug-likeness (QED) is 0.761. The third-order valence-electron chi connectivity index (χ3n) is 4.44. The molecule has 0 unspecified atom stereocenters. The number of thioether (sulfide) groups is 2. The molecule has 0 N–H and O–H groups in total. The summed E-state index contributed by atoms with van der Waals surface area (Å²) in [4.78, 5) is 15.3. The molecule has 120 valence electrons. The molecule has 2 nitrogen and oxygen atoms in total. The van der Waals surface area contributed by atoms with Crippen molar-refractivity contribution in [2.75, 3.05) is 36.1 Å². The Kier molecular flexibility index (Phi) is 6.14. The maximum absolute atomic E-state index is 12.8. The van der Waals surface area contributed by atoms with Crippen molar-refractivity contribution in [2.24, 2.45) is 5.92 Å². The van der Waals surface area contributed by atoms with Crippen LogP contribution in [0.4, 0.5) is 0 Å². The predicted molar refractivity (Wildman–Crippen MR) is 98.5 cm³/mol. The second-order valence-electron chi connectivity index (χ2n) is 6.01. The number of halogens is 1. The molecule has 0 saturated carbocycles. The van der Waals surface area contributed by atoms with Gasteiger partial charge in [0.15, 0.2) is 5.78 Å². The zero-order valence-corrected chi connectivity index (χ0v) is 15.1. The molecule has 0 spiro atoms. The Balaban J connectivity index is 1.65. The first-order chi connectivity index (χ1) is 10.7. The standard InChI is InChI=1S/C17H22ClNOS2/c18-15-5-1-3-13(9-15)17(20)14-4-2-6-19(10-14)16-11-21-7-8-22-12-16/h1,3,5,9,14,16H,2,4,6-8,10-12H2/t14-/m1/s1. The minimum atomic E-state index is 0.130. The lowest BCUT2D eigenvalue weighted by Crippen LogP contribution is -2.46. The van der Waals surface area contributed by atoms with Gasteiger partial charge in [-0.25, -0.2) is 0 Å². The van der Waals surface area contributed by atoms with Crippen molar-refractivity contribution in [1.82, 2.24) is 4.90 Å². The van der Waals surface area contributed by atoms with Gasteiger partial charge in [-0.05, 0) is 31.5 Å². The summed E-state index contributed by atoms with van der Waals surface area (Å²) >= 11 is 10.1. The molecule has 0 aromatic heterocycles. The molecule has 2 heterocycles. The van der Waals surface area contributed by atoms with Gasteiger partial charge in [-0.3, -0.25) is 9.69 Å². The molecular weight excluding hydrogens is 334 g/mol. The minimum Gasteiger partial charge on any atom is -0.298 e. The molecule has 2 aliphatic rings. The van der Waals surface area contributed by atoms with Crippen LogP contribution in [0.5, 0.6) is 0 Å². The third-order valence-corrected chi connectivity index (χ3v) is 7.16. The van der Waals surface area contributed by atoms with Crippen molar-refractivity contribution in [3.05, 3.63) is 34.9 Å². The Morgan fingerprint density at radius 2 is 2.00 bits per heavy atom. The normalized spacial score (nSPS) is 24.9. The SMILES string of the molecule is O=C(c1cccc(Cl)c1)[C@@H]1CCCN(C2CSCCSC2)C1. The van der Waals surface area contributed by atoms with Crippen LogP contribution in [0.1, 0.15) is 23.2 Å². The summed E-state index contributed by atoms with van der Waals surface area (Å²) in [6.07, 6.45) is 2.14. The largest absolute Gasteiger partial charge is 0.298 e. The van der Waals surface area contributed by atoms with Gasteiger partial charge in [0.2, 0.25) is 0 Å². The number of hydrogen-bond donors (Lipinski definition) is 0. The van der Waals surface area contributed by atoms with Crippen molar-refractivity contribution >= 4 is 40.9 Å². The molecule has 1 atom stereocenters. The smallest absolute Gasteiger partial charge is 0.167 e. The second-order valence-corrected chi connectivity index (χ2v) is 8.75. The fraction of sp³-hybridized carbons (Fsp3) is 0.588. The highest BCUT2D eigenvalue weighted by Crippen LogP contribution is 2.27. The van der Waals surface area contributed by atoms with Gasteiger partial charge in [0.1, 0.15) is 0 Å². The van der Waals surface area contributed by atoms with E-state index in [4.69, 9.17) is 11.6 Å². The number of carbonyl (C=O) groups is 1. The van der Waals surface area contributed by atoms with Gasteiger partial charge in [0, 0.05) is 52.1 Å². The summed E-state index contributed by atoms with van der Waals surface area (Å²) in [7, 11) is 0. The molecule has 2 aliphatic heterocycles. The summed E-state index contributed by atoms with van der Waals surface area (Å²) in [5, 5.41) is 0.648. The monoisotopic (exact) mass is 355 g/mol. The van der Waals surface area contributed by atoms with E-state index >= 15 is 0 Å². The van der Waals surface area contributed by atoms with E-state index in [-0.39, 0.29) is 11.7 Å². The van der Waals surface area contributed by atoms with E-state index in [0.717, 1.165) is 31.5 Å². The van der Waals surface area contributed by atoms with E-state index in [0.29, 0.717) is 11.1 Å². The molecule has 1 aromatic carbocycles. The molecule has 2 fully saturated rings. The Hall–Kier alpha value is -0.160. The van der Waals surface area contributed by atoms with Crippen LogP contribution in [0, 0.1) is 5.92 Å². The molecule has 2 saturated heterocycles. The lowest BCUT2D eigenvalue weighted by atomic mass is 9.89. The Morgan fingerprint density at radius 1 is 1.23 bits per heavy atom. The van der Waals surface area contributed by atoms with Crippen molar-refractivity contribution in [3.8, 4) is 0 Å². The topological polar surface area (TPSA) is 20.3 Å². The van der Waals surface area contributed by atoms with Crippen LogP contribution in [0.25, 0.3) is 0 Å². The van der Waals surface area contributed by atoms with E-state index in [1.54, 1.807) is 6.07 Å². The van der Waals surface area contributed by atoms with E-state index in [1.807, 2.05) is 18.2 Å². The third kappa shape index (κ3) is 4.22. The number of piperidine rings is 1. The van der Waals surface area contributed by atoms with Gasteiger partial charge >= 0.3 is 0 Å². The van der Waals surface area contributed by atoms with Crippen molar-refractivity contribution in [3.63, 3.8) is 0 Å². The molecule has 0 aliphatic carbocycles. The summed E-state index contributed by atoms with van der Waals surface area (Å²) in [5.74, 6) is 5.35. The Labute approximate surface area is 146 Å². The zero-order chi connectivity index (χ0) is 15.4. The number of likely N-dealkylation sites (tertiary alicyclic amines) is 1.